The summed E-state index contributed by atoms with van der Waals surface area (Å²) in [6, 6.07) is 0. The molecule has 2 heterocycles. The van der Waals surface area contributed by atoms with Crippen molar-refractivity contribution in [1.29, 1.82) is 0 Å². The van der Waals surface area contributed by atoms with Gasteiger partial charge in [-0.1, -0.05) is 0 Å². The highest BCUT2D eigenvalue weighted by Crippen LogP contribution is 2.29. The summed E-state index contributed by atoms with van der Waals surface area (Å²) in [6.07, 6.45) is 0. The number of amides is 2. The summed E-state index contributed by atoms with van der Waals surface area (Å²) in [4.78, 5) is 41.6. The number of piperazine rings is 1. The molecule has 1 fully saturated rings. The molecular formula is C9H10N6O4. The van der Waals surface area contributed by atoms with E-state index in [1.165, 1.54) is 11.8 Å². The minimum absolute atomic E-state index is 0.0749. The number of nitrogen functional groups attached to an aromatic ring is 1. The number of nitrogens with one attached hydrogen (secondary N) is 1. The molecule has 0 aliphatic carbocycles. The largest absolute Gasteiger partial charge is 0.368 e. The van der Waals surface area contributed by atoms with Crippen LogP contribution in [0.2, 0.25) is 0 Å². The fraction of sp³-hybridized carbons (Fsp3) is 0.333. The summed E-state index contributed by atoms with van der Waals surface area (Å²) in [6.45, 7) is 0.996. The Balaban J connectivity index is 2.51. The maximum absolute atomic E-state index is 11.3. The van der Waals surface area contributed by atoms with E-state index in [2.05, 4.69) is 15.3 Å². The van der Waals surface area contributed by atoms with Crippen LogP contribution in [0.15, 0.2) is 0 Å². The second-order valence-corrected chi connectivity index (χ2v) is 3.92. The van der Waals surface area contributed by atoms with Crippen molar-refractivity contribution in [3.63, 3.8) is 0 Å². The summed E-state index contributed by atoms with van der Waals surface area (Å²) in [7, 11) is 0. The van der Waals surface area contributed by atoms with Crippen molar-refractivity contribution < 1.29 is 14.5 Å². The van der Waals surface area contributed by atoms with E-state index in [1.807, 2.05) is 0 Å². The average molecular weight is 266 g/mol. The van der Waals surface area contributed by atoms with Crippen LogP contribution in [0, 0.1) is 17.0 Å². The number of hydrogen-bond donors (Lipinski definition) is 2. The lowest BCUT2D eigenvalue weighted by molar-refractivity contribution is -0.385. The molecule has 0 radical (unpaired) electrons. The van der Waals surface area contributed by atoms with Gasteiger partial charge in [0.25, 0.3) is 0 Å². The molecule has 1 aromatic rings. The van der Waals surface area contributed by atoms with Gasteiger partial charge in [0.1, 0.15) is 5.69 Å². The fourth-order valence-electron chi connectivity index (χ4n) is 1.79. The van der Waals surface area contributed by atoms with Crippen LogP contribution in [0.3, 0.4) is 0 Å². The van der Waals surface area contributed by atoms with E-state index < -0.39 is 16.7 Å². The first-order valence-electron chi connectivity index (χ1n) is 5.24. The van der Waals surface area contributed by atoms with Gasteiger partial charge in [-0.15, -0.1) is 0 Å². The Morgan fingerprint density at radius 1 is 1.32 bits per heavy atom. The predicted octanol–water partition coefficient (Wildman–Crippen LogP) is -1.26. The Morgan fingerprint density at radius 3 is 2.42 bits per heavy atom. The molecule has 0 spiro atoms. The van der Waals surface area contributed by atoms with Crippen LogP contribution in [-0.2, 0) is 9.59 Å². The fourth-order valence-corrected chi connectivity index (χ4v) is 1.79. The lowest BCUT2D eigenvalue weighted by Gasteiger charge is -2.26. The van der Waals surface area contributed by atoms with E-state index >= 15 is 0 Å². The Bertz CT molecular complexity index is 570. The van der Waals surface area contributed by atoms with Gasteiger partial charge in [-0.05, 0) is 6.92 Å². The number of carbonyl (C=O) groups excluding carboxylic acids is 2. The van der Waals surface area contributed by atoms with Crippen molar-refractivity contribution in [1.82, 2.24) is 15.3 Å². The van der Waals surface area contributed by atoms with Gasteiger partial charge in [0, 0.05) is 0 Å². The molecule has 0 bridgehead atoms. The summed E-state index contributed by atoms with van der Waals surface area (Å²) >= 11 is 0. The number of hydrogen-bond acceptors (Lipinski definition) is 8. The molecule has 0 aromatic carbocycles. The Labute approximate surface area is 106 Å². The summed E-state index contributed by atoms with van der Waals surface area (Å²) in [5.74, 6) is -1.39. The molecule has 1 saturated heterocycles. The number of carbonyl (C=O) groups is 2. The van der Waals surface area contributed by atoms with Gasteiger partial charge in [-0.2, -0.15) is 4.98 Å². The van der Waals surface area contributed by atoms with Crippen molar-refractivity contribution in [3.05, 3.63) is 15.8 Å². The third kappa shape index (κ3) is 2.41. The van der Waals surface area contributed by atoms with Crippen molar-refractivity contribution in [2.45, 2.75) is 6.92 Å². The Hall–Kier alpha value is -2.78. The predicted molar refractivity (Wildman–Crippen MR) is 63.2 cm³/mol. The topological polar surface area (TPSA) is 144 Å². The summed E-state index contributed by atoms with van der Waals surface area (Å²) in [5, 5.41) is 13.1. The number of nitro groups is 1. The molecule has 0 saturated carbocycles. The zero-order chi connectivity index (χ0) is 14.2. The first kappa shape index (κ1) is 12.7. The van der Waals surface area contributed by atoms with Gasteiger partial charge < -0.3 is 10.6 Å². The average Bonchev–Trinajstić information content (AvgIpc) is 2.25. The lowest BCUT2D eigenvalue weighted by atomic mass is 10.3. The van der Waals surface area contributed by atoms with Crippen LogP contribution < -0.4 is 16.0 Å². The molecule has 1 aliphatic heterocycles. The molecular weight excluding hydrogens is 256 g/mol. The van der Waals surface area contributed by atoms with E-state index in [0.717, 1.165) is 0 Å². The van der Waals surface area contributed by atoms with Crippen molar-refractivity contribution in [2.24, 2.45) is 0 Å². The smallest absolute Gasteiger partial charge is 0.332 e. The minimum Gasteiger partial charge on any atom is -0.368 e. The van der Waals surface area contributed by atoms with Gasteiger partial charge in [-0.3, -0.25) is 25.0 Å². The van der Waals surface area contributed by atoms with E-state index in [1.54, 1.807) is 0 Å². The summed E-state index contributed by atoms with van der Waals surface area (Å²) in [5.41, 5.74) is 5.16. The van der Waals surface area contributed by atoms with Gasteiger partial charge in [0.05, 0.1) is 18.0 Å². The van der Waals surface area contributed by atoms with Gasteiger partial charge in [-0.25, -0.2) is 4.98 Å². The highest BCUT2D eigenvalue weighted by Gasteiger charge is 2.31. The second kappa shape index (κ2) is 4.48. The summed E-state index contributed by atoms with van der Waals surface area (Å²) < 4.78 is 0. The molecule has 1 aromatic heterocycles. The first-order valence-corrected chi connectivity index (χ1v) is 5.24. The molecule has 10 nitrogen and oxygen atoms in total. The molecule has 1 aliphatic rings. The van der Waals surface area contributed by atoms with E-state index in [0.29, 0.717) is 0 Å². The number of aryl methyl sites for hydroxylation is 1. The minimum atomic E-state index is -0.666. The Kier molecular flexibility index (Phi) is 2.99. The zero-order valence-corrected chi connectivity index (χ0v) is 9.91. The normalized spacial score (nSPS) is 15.3. The van der Waals surface area contributed by atoms with Crippen molar-refractivity contribution >= 4 is 29.3 Å². The molecule has 2 rings (SSSR count). The Morgan fingerprint density at radius 2 is 1.89 bits per heavy atom. The number of imide groups is 1. The highest BCUT2D eigenvalue weighted by atomic mass is 16.6. The third-order valence-electron chi connectivity index (χ3n) is 2.49. The maximum atomic E-state index is 11.3. The SMILES string of the molecule is Cc1nc(N)nc(N2CC(=O)NC(=O)C2)c1[N+](=O)[O-]. The van der Waals surface area contributed by atoms with Crippen LogP contribution in [-0.4, -0.2) is 39.8 Å². The maximum Gasteiger partial charge on any atom is 0.332 e. The molecule has 0 atom stereocenters. The van der Waals surface area contributed by atoms with Gasteiger partial charge in [0.15, 0.2) is 0 Å². The number of nitrogens with zero attached hydrogens (tertiary/aromatic N) is 4. The molecule has 100 valence electrons. The number of anilines is 2. The highest BCUT2D eigenvalue weighted by molar-refractivity contribution is 6.02. The first-order chi connectivity index (χ1) is 8.88. The quantitative estimate of drug-likeness (QED) is 0.383. The van der Waals surface area contributed by atoms with Crippen LogP contribution in [0.1, 0.15) is 5.69 Å². The number of nitrogens with two attached hydrogens (primary N) is 1. The molecule has 19 heavy (non-hydrogen) atoms. The van der Waals surface area contributed by atoms with Crippen LogP contribution in [0.25, 0.3) is 0 Å². The van der Waals surface area contributed by atoms with Crippen molar-refractivity contribution in [2.75, 3.05) is 23.7 Å². The van der Waals surface area contributed by atoms with Crippen LogP contribution >= 0.6 is 0 Å². The number of aromatic nitrogens is 2. The van der Waals surface area contributed by atoms with Crippen molar-refractivity contribution in [3.8, 4) is 0 Å². The lowest BCUT2D eigenvalue weighted by Crippen LogP contribution is -2.52. The second-order valence-electron chi connectivity index (χ2n) is 3.92. The van der Waals surface area contributed by atoms with Crippen LogP contribution in [0.5, 0.6) is 0 Å². The number of rotatable bonds is 2. The standard InChI is InChI=1S/C9H10N6O4/c1-4-7(15(18)19)8(13-9(10)11-4)14-2-5(16)12-6(17)3-14/h2-3H2,1H3,(H2,10,11,13)(H,12,16,17). The molecule has 3 N–H and O–H groups in total. The molecule has 2 amide bonds. The molecule has 10 heteroatoms. The third-order valence-corrected chi connectivity index (χ3v) is 2.49. The van der Waals surface area contributed by atoms with Gasteiger partial charge >= 0.3 is 5.69 Å². The molecule has 0 unspecified atom stereocenters. The van der Waals surface area contributed by atoms with Gasteiger partial charge in [0.2, 0.25) is 23.6 Å². The van der Waals surface area contributed by atoms with E-state index in [9.17, 15) is 19.7 Å². The zero-order valence-electron chi connectivity index (χ0n) is 9.91. The monoisotopic (exact) mass is 266 g/mol. The van der Waals surface area contributed by atoms with Crippen LogP contribution in [0.4, 0.5) is 17.5 Å². The van der Waals surface area contributed by atoms with E-state index in [-0.39, 0.29) is 36.2 Å². The van der Waals surface area contributed by atoms with E-state index in [4.69, 9.17) is 5.73 Å².